The summed E-state index contributed by atoms with van der Waals surface area (Å²) < 4.78 is 10.4. The number of methoxy groups -OCH3 is 2. The Hall–Kier alpha value is -0.163. The van der Waals surface area contributed by atoms with Crippen LogP contribution in [0.25, 0.3) is 0 Å². The average Bonchev–Trinajstić information content (AvgIpc) is 2.30. The summed E-state index contributed by atoms with van der Waals surface area (Å²) in [7, 11) is 2.54. The van der Waals surface area contributed by atoms with Crippen LogP contribution in [-0.2, 0) is 9.47 Å². The lowest BCUT2D eigenvalue weighted by Gasteiger charge is -2.30. The number of ether oxygens (including phenoxy) is 2. The van der Waals surface area contributed by atoms with Crippen molar-refractivity contribution >= 4 is 8.07 Å². The smallest absolute Gasteiger partial charge is 0.0589 e. The maximum Gasteiger partial charge on any atom is 0.0589 e. The monoisotopic (exact) mass is 301 g/mol. The van der Waals surface area contributed by atoms with Gasteiger partial charge in [-0.1, -0.05) is 45.6 Å². The van der Waals surface area contributed by atoms with Crippen LogP contribution in [0.3, 0.4) is 0 Å². The summed E-state index contributed by atoms with van der Waals surface area (Å²) in [6, 6.07) is 1.26. The normalized spacial score (nSPS) is 13.6. The molecule has 0 aromatic carbocycles. The van der Waals surface area contributed by atoms with Gasteiger partial charge in [0.15, 0.2) is 0 Å². The summed E-state index contributed by atoms with van der Waals surface area (Å²) >= 11 is 0. The molecule has 0 fully saturated rings. The van der Waals surface area contributed by atoms with Gasteiger partial charge in [0.1, 0.15) is 0 Å². The molecule has 0 amide bonds. The minimum absolute atomic E-state index is 0.196. The second-order valence-corrected chi connectivity index (χ2v) is 12.9. The first kappa shape index (κ1) is 19.8. The molecule has 0 heterocycles. The van der Waals surface area contributed by atoms with E-state index in [2.05, 4.69) is 50.5 Å². The summed E-state index contributed by atoms with van der Waals surface area (Å²) in [4.78, 5) is 2.42. The third-order valence-electron chi connectivity index (χ3n) is 3.15. The zero-order valence-corrected chi connectivity index (χ0v) is 15.7. The molecule has 20 heavy (non-hydrogen) atoms. The Balaban J connectivity index is 4.40. The van der Waals surface area contributed by atoms with E-state index in [1.54, 1.807) is 14.2 Å². The standard InChI is InChI=1S/C16H35NO2Si/c1-16(2,9-8-14-20(5,6)7)15-17(10-12-18-3)11-13-19-4/h8-9H,10-15H2,1-7H3/b9-8+. The molecule has 0 radical (unpaired) electrons. The van der Waals surface area contributed by atoms with Crippen LogP contribution >= 0.6 is 0 Å². The van der Waals surface area contributed by atoms with Gasteiger partial charge in [-0.05, 0) is 11.5 Å². The van der Waals surface area contributed by atoms with E-state index in [-0.39, 0.29) is 5.41 Å². The van der Waals surface area contributed by atoms with Gasteiger partial charge in [0, 0.05) is 41.9 Å². The molecular weight excluding hydrogens is 266 g/mol. The molecular formula is C16H35NO2Si. The molecule has 0 aliphatic carbocycles. The Morgan fingerprint density at radius 2 is 1.50 bits per heavy atom. The highest BCUT2D eigenvalue weighted by atomic mass is 28.3. The SMILES string of the molecule is COCCN(CCOC)CC(C)(C)/C=C/C[Si](C)(C)C. The van der Waals surface area contributed by atoms with Crippen LogP contribution in [0.15, 0.2) is 12.2 Å². The molecule has 4 heteroatoms. The predicted octanol–water partition coefficient (Wildman–Crippen LogP) is 3.50. The number of rotatable bonds is 11. The van der Waals surface area contributed by atoms with Crippen molar-refractivity contribution in [3.63, 3.8) is 0 Å². The Morgan fingerprint density at radius 1 is 1.00 bits per heavy atom. The van der Waals surface area contributed by atoms with Crippen molar-refractivity contribution in [2.24, 2.45) is 5.41 Å². The van der Waals surface area contributed by atoms with Gasteiger partial charge in [-0.25, -0.2) is 0 Å². The van der Waals surface area contributed by atoms with Crippen molar-refractivity contribution in [1.29, 1.82) is 0 Å². The lowest BCUT2D eigenvalue weighted by Crippen LogP contribution is -2.37. The Kier molecular flexibility index (Phi) is 9.64. The molecule has 0 bridgehead atoms. The maximum atomic E-state index is 5.20. The molecule has 0 aliphatic heterocycles. The summed E-state index contributed by atoms with van der Waals surface area (Å²) in [5, 5.41) is 0. The first-order valence-corrected chi connectivity index (χ1v) is 11.3. The first-order chi connectivity index (χ1) is 9.20. The van der Waals surface area contributed by atoms with Crippen LogP contribution in [0.1, 0.15) is 13.8 Å². The molecule has 0 atom stereocenters. The summed E-state index contributed by atoms with van der Waals surface area (Å²) in [6.45, 7) is 16.4. The number of allylic oxidation sites excluding steroid dienone is 1. The number of hydrogen-bond donors (Lipinski definition) is 0. The van der Waals surface area contributed by atoms with Crippen LogP contribution in [0.5, 0.6) is 0 Å². The van der Waals surface area contributed by atoms with Crippen molar-refractivity contribution in [3.8, 4) is 0 Å². The molecule has 120 valence electrons. The summed E-state index contributed by atoms with van der Waals surface area (Å²) in [5.74, 6) is 0. The van der Waals surface area contributed by atoms with E-state index in [0.717, 1.165) is 32.8 Å². The zero-order valence-electron chi connectivity index (χ0n) is 14.7. The van der Waals surface area contributed by atoms with Crippen molar-refractivity contribution in [2.45, 2.75) is 39.5 Å². The topological polar surface area (TPSA) is 21.7 Å². The van der Waals surface area contributed by atoms with Gasteiger partial charge < -0.3 is 9.47 Å². The first-order valence-electron chi connectivity index (χ1n) is 7.58. The van der Waals surface area contributed by atoms with E-state index in [1.807, 2.05) is 0 Å². The fourth-order valence-corrected chi connectivity index (χ4v) is 2.90. The van der Waals surface area contributed by atoms with Gasteiger partial charge in [0.2, 0.25) is 0 Å². The minimum atomic E-state index is -0.979. The highest BCUT2D eigenvalue weighted by Gasteiger charge is 2.19. The highest BCUT2D eigenvalue weighted by molar-refractivity contribution is 6.76. The quantitative estimate of drug-likeness (QED) is 0.431. The third-order valence-corrected chi connectivity index (χ3v) is 4.61. The Bertz CT molecular complexity index is 264. The van der Waals surface area contributed by atoms with E-state index < -0.39 is 8.07 Å². The predicted molar refractivity (Wildman–Crippen MR) is 91.3 cm³/mol. The van der Waals surface area contributed by atoms with E-state index >= 15 is 0 Å². The van der Waals surface area contributed by atoms with Crippen LogP contribution < -0.4 is 0 Å². The fourth-order valence-electron chi connectivity index (χ4n) is 2.07. The largest absolute Gasteiger partial charge is 0.383 e. The van der Waals surface area contributed by atoms with Crippen LogP contribution in [0.4, 0.5) is 0 Å². The molecule has 0 aromatic rings. The molecule has 0 aliphatic rings. The lowest BCUT2D eigenvalue weighted by molar-refractivity contribution is 0.0979. The molecule has 0 saturated heterocycles. The van der Waals surface area contributed by atoms with Gasteiger partial charge in [0.25, 0.3) is 0 Å². The summed E-state index contributed by atoms with van der Waals surface area (Å²) in [6.07, 6.45) is 4.77. The highest BCUT2D eigenvalue weighted by Crippen LogP contribution is 2.21. The molecule has 0 saturated carbocycles. The molecule has 0 aromatic heterocycles. The maximum absolute atomic E-state index is 5.20. The minimum Gasteiger partial charge on any atom is -0.383 e. The van der Waals surface area contributed by atoms with Crippen molar-refractivity contribution in [3.05, 3.63) is 12.2 Å². The van der Waals surface area contributed by atoms with Crippen LogP contribution in [0.2, 0.25) is 25.7 Å². The number of hydrogen-bond acceptors (Lipinski definition) is 3. The molecule has 3 nitrogen and oxygen atoms in total. The van der Waals surface area contributed by atoms with E-state index in [9.17, 15) is 0 Å². The Labute approximate surface area is 127 Å². The van der Waals surface area contributed by atoms with E-state index in [0.29, 0.717) is 0 Å². The lowest BCUT2D eigenvalue weighted by atomic mass is 9.92. The van der Waals surface area contributed by atoms with Gasteiger partial charge in [-0.3, -0.25) is 4.90 Å². The van der Waals surface area contributed by atoms with Gasteiger partial charge in [-0.2, -0.15) is 0 Å². The number of nitrogens with zero attached hydrogens (tertiary/aromatic N) is 1. The second kappa shape index (κ2) is 9.72. The average molecular weight is 302 g/mol. The second-order valence-electron chi connectivity index (χ2n) is 7.42. The fraction of sp³-hybridized carbons (Fsp3) is 0.875. The zero-order chi connectivity index (χ0) is 15.6. The van der Waals surface area contributed by atoms with Crippen molar-refractivity contribution in [2.75, 3.05) is 47.1 Å². The van der Waals surface area contributed by atoms with E-state index in [4.69, 9.17) is 9.47 Å². The molecule has 0 spiro atoms. The van der Waals surface area contributed by atoms with Gasteiger partial charge in [-0.15, -0.1) is 0 Å². The van der Waals surface area contributed by atoms with E-state index in [1.165, 1.54) is 6.04 Å². The van der Waals surface area contributed by atoms with Crippen LogP contribution in [-0.4, -0.2) is 60.0 Å². The van der Waals surface area contributed by atoms with Gasteiger partial charge >= 0.3 is 0 Å². The molecule has 0 N–H and O–H groups in total. The van der Waals surface area contributed by atoms with Crippen LogP contribution in [0, 0.1) is 5.41 Å². The van der Waals surface area contributed by atoms with Gasteiger partial charge in [0.05, 0.1) is 13.2 Å². The Morgan fingerprint density at radius 3 is 1.90 bits per heavy atom. The molecule has 0 rings (SSSR count). The summed E-state index contributed by atoms with van der Waals surface area (Å²) in [5.41, 5.74) is 0.196. The third kappa shape index (κ3) is 11.6. The van der Waals surface area contributed by atoms with Crippen molar-refractivity contribution < 1.29 is 9.47 Å². The van der Waals surface area contributed by atoms with Crippen molar-refractivity contribution in [1.82, 2.24) is 4.90 Å². The molecule has 0 unspecified atom stereocenters.